The zero-order valence-corrected chi connectivity index (χ0v) is 12.7. The average molecular weight is 307 g/mol. The van der Waals surface area contributed by atoms with Gasteiger partial charge >= 0.3 is 12.0 Å². The normalized spacial score (nSPS) is 19.9. The van der Waals surface area contributed by atoms with Crippen LogP contribution in [0.3, 0.4) is 0 Å². The van der Waals surface area contributed by atoms with Gasteiger partial charge in [-0.15, -0.1) is 0 Å². The lowest BCUT2D eigenvalue weighted by molar-refractivity contribution is -0.141. The van der Waals surface area contributed by atoms with Gasteiger partial charge in [-0.3, -0.25) is 0 Å². The van der Waals surface area contributed by atoms with Gasteiger partial charge in [0, 0.05) is 18.6 Å². The summed E-state index contributed by atoms with van der Waals surface area (Å²) in [5.74, 6) is -1.02. The maximum absolute atomic E-state index is 11.9. The number of carbonyl (C=O) groups is 2. The highest BCUT2D eigenvalue weighted by Crippen LogP contribution is 2.17. The number of aliphatic carboxylic acids is 1. The summed E-state index contributed by atoms with van der Waals surface area (Å²) in [6.45, 7) is 3.73. The molecule has 0 radical (unpaired) electrons. The second kappa shape index (κ2) is 5.96. The van der Waals surface area contributed by atoms with E-state index < -0.39 is 33.6 Å². The molecule has 1 rings (SSSR count). The van der Waals surface area contributed by atoms with E-state index in [0.29, 0.717) is 19.4 Å². The number of sulfonamides is 1. The molecule has 1 saturated heterocycles. The van der Waals surface area contributed by atoms with Crippen LogP contribution in [0.15, 0.2) is 0 Å². The Morgan fingerprint density at radius 3 is 2.50 bits per heavy atom. The summed E-state index contributed by atoms with van der Waals surface area (Å²) in [6, 6.07) is -1.29. The first-order valence-electron chi connectivity index (χ1n) is 6.28. The SMILES string of the molecule is CC(C)(CNC(=O)N1CCC[C@@H]1C(=O)O)NS(C)(=O)=O. The maximum Gasteiger partial charge on any atom is 0.326 e. The lowest BCUT2D eigenvalue weighted by Crippen LogP contribution is -2.54. The predicted molar refractivity (Wildman–Crippen MR) is 72.8 cm³/mol. The van der Waals surface area contributed by atoms with Crippen LogP contribution in [0.2, 0.25) is 0 Å². The van der Waals surface area contributed by atoms with Gasteiger partial charge < -0.3 is 15.3 Å². The van der Waals surface area contributed by atoms with Gasteiger partial charge in [0.05, 0.1) is 6.26 Å². The second-order valence-electron chi connectivity index (χ2n) is 5.61. The van der Waals surface area contributed by atoms with E-state index in [9.17, 15) is 18.0 Å². The number of hydrogen-bond donors (Lipinski definition) is 3. The number of urea groups is 1. The van der Waals surface area contributed by atoms with Crippen LogP contribution in [0.1, 0.15) is 26.7 Å². The molecule has 0 bridgehead atoms. The van der Waals surface area contributed by atoms with Crippen LogP contribution >= 0.6 is 0 Å². The molecule has 0 aromatic rings. The summed E-state index contributed by atoms with van der Waals surface area (Å²) in [5, 5.41) is 11.6. The summed E-state index contributed by atoms with van der Waals surface area (Å²) < 4.78 is 24.8. The van der Waals surface area contributed by atoms with Crippen molar-refractivity contribution in [1.29, 1.82) is 0 Å². The van der Waals surface area contributed by atoms with Gasteiger partial charge in [-0.2, -0.15) is 0 Å². The van der Waals surface area contributed by atoms with Gasteiger partial charge in [-0.1, -0.05) is 0 Å². The number of carboxylic acid groups (broad SMARTS) is 1. The quantitative estimate of drug-likeness (QED) is 0.637. The van der Waals surface area contributed by atoms with Crippen molar-refractivity contribution in [1.82, 2.24) is 14.9 Å². The molecule has 1 atom stereocenters. The molecule has 1 aliphatic rings. The maximum atomic E-state index is 11.9. The molecule has 0 aromatic carbocycles. The first-order valence-corrected chi connectivity index (χ1v) is 8.17. The molecule has 0 saturated carbocycles. The van der Waals surface area contributed by atoms with Crippen molar-refractivity contribution in [3.63, 3.8) is 0 Å². The van der Waals surface area contributed by atoms with Crippen molar-refractivity contribution in [3.05, 3.63) is 0 Å². The molecule has 0 unspecified atom stereocenters. The lowest BCUT2D eigenvalue weighted by atomic mass is 10.1. The largest absolute Gasteiger partial charge is 0.480 e. The first-order chi connectivity index (χ1) is 9.02. The number of amides is 2. The zero-order valence-electron chi connectivity index (χ0n) is 11.8. The van der Waals surface area contributed by atoms with E-state index in [-0.39, 0.29) is 6.54 Å². The van der Waals surface area contributed by atoms with Gasteiger partial charge in [0.15, 0.2) is 0 Å². The Labute approximate surface area is 118 Å². The zero-order chi connectivity index (χ0) is 15.6. The molecule has 0 spiro atoms. The van der Waals surface area contributed by atoms with Crippen molar-refractivity contribution in [2.75, 3.05) is 19.3 Å². The molecular weight excluding hydrogens is 286 g/mol. The number of hydrogen-bond acceptors (Lipinski definition) is 4. The van der Waals surface area contributed by atoms with Crippen LogP contribution in [0.5, 0.6) is 0 Å². The first kappa shape index (κ1) is 16.7. The molecular formula is C11H21N3O5S. The molecule has 0 aliphatic carbocycles. The van der Waals surface area contributed by atoms with Gasteiger partial charge in [0.25, 0.3) is 0 Å². The highest BCUT2D eigenvalue weighted by Gasteiger charge is 2.34. The van der Waals surface area contributed by atoms with Crippen molar-refractivity contribution >= 4 is 22.0 Å². The van der Waals surface area contributed by atoms with E-state index in [4.69, 9.17) is 5.11 Å². The van der Waals surface area contributed by atoms with Gasteiger partial charge in [0.1, 0.15) is 6.04 Å². The van der Waals surface area contributed by atoms with Crippen LogP contribution in [0.25, 0.3) is 0 Å². The molecule has 9 heteroatoms. The Kier molecular flexibility index (Phi) is 4.98. The predicted octanol–water partition coefficient (Wildman–Crippen LogP) is -0.427. The summed E-state index contributed by atoms with van der Waals surface area (Å²) in [5.41, 5.74) is -0.846. The van der Waals surface area contributed by atoms with E-state index in [2.05, 4.69) is 10.0 Å². The van der Waals surface area contributed by atoms with Crippen molar-refractivity contribution in [2.24, 2.45) is 0 Å². The molecule has 1 heterocycles. The highest BCUT2D eigenvalue weighted by atomic mass is 32.2. The van der Waals surface area contributed by atoms with E-state index in [1.807, 2.05) is 0 Å². The van der Waals surface area contributed by atoms with Gasteiger partial charge in [-0.05, 0) is 26.7 Å². The number of carboxylic acids is 1. The minimum absolute atomic E-state index is 0.0712. The Morgan fingerprint density at radius 2 is 2.00 bits per heavy atom. The Balaban J connectivity index is 2.57. The summed E-state index contributed by atoms with van der Waals surface area (Å²) in [7, 11) is -3.38. The fourth-order valence-electron chi connectivity index (χ4n) is 2.20. The van der Waals surface area contributed by atoms with Crippen LogP contribution < -0.4 is 10.0 Å². The summed E-state index contributed by atoms with van der Waals surface area (Å²) in [4.78, 5) is 24.2. The number of likely N-dealkylation sites (tertiary alicyclic amines) is 1. The standard InChI is InChI=1S/C11H21N3O5S/c1-11(2,13-20(3,18)19)7-12-10(17)14-6-4-5-8(14)9(15)16/h8,13H,4-7H2,1-3H3,(H,12,17)(H,15,16)/t8-/m1/s1. The third kappa shape index (κ3) is 4.97. The van der Waals surface area contributed by atoms with E-state index in [0.717, 1.165) is 6.26 Å². The van der Waals surface area contributed by atoms with Crippen LogP contribution in [0, 0.1) is 0 Å². The lowest BCUT2D eigenvalue weighted by Gasteiger charge is -2.28. The molecule has 1 fully saturated rings. The van der Waals surface area contributed by atoms with E-state index in [1.165, 1.54) is 4.90 Å². The summed E-state index contributed by atoms with van der Waals surface area (Å²) in [6.07, 6.45) is 2.13. The molecule has 2 amide bonds. The van der Waals surface area contributed by atoms with E-state index >= 15 is 0 Å². The number of nitrogens with one attached hydrogen (secondary N) is 2. The third-order valence-corrected chi connectivity index (χ3v) is 3.87. The number of rotatable bonds is 5. The topological polar surface area (TPSA) is 116 Å². The highest BCUT2D eigenvalue weighted by molar-refractivity contribution is 7.88. The summed E-state index contributed by atoms with van der Waals surface area (Å²) >= 11 is 0. The Hall–Kier alpha value is -1.35. The van der Waals surface area contributed by atoms with Crippen LogP contribution in [-0.2, 0) is 14.8 Å². The molecule has 0 aromatic heterocycles. The van der Waals surface area contributed by atoms with Crippen molar-refractivity contribution in [2.45, 2.75) is 38.3 Å². The minimum Gasteiger partial charge on any atom is -0.480 e. The van der Waals surface area contributed by atoms with E-state index in [1.54, 1.807) is 13.8 Å². The number of carbonyl (C=O) groups excluding carboxylic acids is 1. The average Bonchev–Trinajstić information content (AvgIpc) is 2.71. The number of nitrogens with zero attached hydrogens (tertiary/aromatic N) is 1. The third-order valence-electron chi connectivity index (χ3n) is 2.94. The van der Waals surface area contributed by atoms with Gasteiger partial charge in [0.2, 0.25) is 10.0 Å². The van der Waals surface area contributed by atoms with Crippen molar-refractivity contribution < 1.29 is 23.1 Å². The fraction of sp³-hybridized carbons (Fsp3) is 0.818. The van der Waals surface area contributed by atoms with Crippen LogP contribution in [-0.4, -0.2) is 61.4 Å². The Morgan fingerprint density at radius 1 is 1.40 bits per heavy atom. The Bertz CT molecular complexity index is 488. The van der Waals surface area contributed by atoms with Crippen LogP contribution in [0.4, 0.5) is 4.79 Å². The monoisotopic (exact) mass is 307 g/mol. The second-order valence-corrected chi connectivity index (χ2v) is 7.35. The molecule has 8 nitrogen and oxygen atoms in total. The smallest absolute Gasteiger partial charge is 0.326 e. The molecule has 20 heavy (non-hydrogen) atoms. The fourth-order valence-corrected chi connectivity index (χ4v) is 3.28. The molecule has 3 N–H and O–H groups in total. The van der Waals surface area contributed by atoms with Gasteiger partial charge in [-0.25, -0.2) is 22.7 Å². The minimum atomic E-state index is -3.38. The molecule has 116 valence electrons. The van der Waals surface area contributed by atoms with Crippen molar-refractivity contribution in [3.8, 4) is 0 Å². The molecule has 1 aliphatic heterocycles.